The molecule has 0 aromatic heterocycles. The van der Waals surface area contributed by atoms with Gasteiger partial charge in [0.05, 0.1) is 12.7 Å². The fourth-order valence-electron chi connectivity index (χ4n) is 3.85. The third-order valence-electron chi connectivity index (χ3n) is 4.46. The lowest BCUT2D eigenvalue weighted by Crippen LogP contribution is -2.62. The van der Waals surface area contributed by atoms with Crippen molar-refractivity contribution < 1.29 is 14.3 Å². The molecule has 0 aromatic carbocycles. The van der Waals surface area contributed by atoms with Crippen molar-refractivity contribution in [1.29, 1.82) is 0 Å². The maximum absolute atomic E-state index is 12.3. The predicted molar refractivity (Wildman–Crippen MR) is 86.8 cm³/mol. The number of hydrogen-bond donors (Lipinski definition) is 2. The predicted octanol–water partition coefficient (Wildman–Crippen LogP) is 2.00. The van der Waals surface area contributed by atoms with Gasteiger partial charge in [0.15, 0.2) is 0 Å². The van der Waals surface area contributed by atoms with Gasteiger partial charge in [-0.05, 0) is 60.3 Å². The van der Waals surface area contributed by atoms with Crippen molar-refractivity contribution in [3.8, 4) is 0 Å². The second-order valence-electron chi connectivity index (χ2n) is 8.12. The number of carbonyl (C=O) groups excluding carboxylic acids is 1. The van der Waals surface area contributed by atoms with Gasteiger partial charge in [0, 0.05) is 23.7 Å². The monoisotopic (exact) mass is 312 g/mol. The van der Waals surface area contributed by atoms with Gasteiger partial charge in [-0.25, -0.2) is 0 Å². The lowest BCUT2D eigenvalue weighted by Gasteiger charge is -2.46. The molecule has 2 heterocycles. The van der Waals surface area contributed by atoms with Gasteiger partial charge in [0.2, 0.25) is 5.91 Å². The second kappa shape index (κ2) is 6.85. The molecule has 0 aliphatic carbocycles. The third kappa shape index (κ3) is 5.21. The minimum Gasteiger partial charge on any atom is -0.376 e. The Hall–Kier alpha value is -0.650. The van der Waals surface area contributed by atoms with Gasteiger partial charge in [0.25, 0.3) is 0 Å². The molecule has 2 unspecified atom stereocenters. The molecule has 22 heavy (non-hydrogen) atoms. The summed E-state index contributed by atoms with van der Waals surface area (Å²) >= 11 is 0. The molecule has 5 heteroatoms. The first-order valence-corrected chi connectivity index (χ1v) is 8.50. The number of piperidine rings is 1. The number of nitrogens with one attached hydrogen (secondary N) is 2. The molecule has 2 saturated heterocycles. The molecule has 0 radical (unpaired) electrons. The van der Waals surface area contributed by atoms with Crippen molar-refractivity contribution in [1.82, 2.24) is 10.6 Å². The average molecular weight is 312 g/mol. The fourth-order valence-corrected chi connectivity index (χ4v) is 3.85. The maximum atomic E-state index is 12.3. The minimum atomic E-state index is -0.426. The fraction of sp³-hybridized carbons (Fsp3) is 0.941. The summed E-state index contributed by atoms with van der Waals surface area (Å²) in [6.07, 6.45) is 3.72. The molecule has 5 nitrogen and oxygen atoms in total. The van der Waals surface area contributed by atoms with Crippen LogP contribution in [-0.2, 0) is 14.3 Å². The molecule has 2 atom stereocenters. The molecule has 2 aliphatic heterocycles. The van der Waals surface area contributed by atoms with Crippen molar-refractivity contribution in [3.63, 3.8) is 0 Å². The van der Waals surface area contributed by atoms with Gasteiger partial charge in [0.1, 0.15) is 6.10 Å². The van der Waals surface area contributed by atoms with E-state index < -0.39 is 6.10 Å². The summed E-state index contributed by atoms with van der Waals surface area (Å²) < 4.78 is 11.2. The van der Waals surface area contributed by atoms with Crippen LogP contribution in [0, 0.1) is 0 Å². The first kappa shape index (κ1) is 17.7. The van der Waals surface area contributed by atoms with Crippen LogP contribution < -0.4 is 10.6 Å². The molecule has 2 fully saturated rings. The maximum Gasteiger partial charge on any atom is 0.249 e. The smallest absolute Gasteiger partial charge is 0.249 e. The zero-order valence-electron chi connectivity index (χ0n) is 14.7. The van der Waals surface area contributed by atoms with Gasteiger partial charge in [-0.1, -0.05) is 0 Å². The van der Waals surface area contributed by atoms with Crippen molar-refractivity contribution in [2.75, 3.05) is 13.2 Å². The molecule has 2 N–H and O–H groups in total. The first-order chi connectivity index (χ1) is 10.2. The Balaban J connectivity index is 1.79. The highest BCUT2D eigenvalue weighted by molar-refractivity contribution is 5.80. The number of carbonyl (C=O) groups is 1. The lowest BCUT2D eigenvalue weighted by molar-refractivity contribution is -0.135. The second-order valence-corrected chi connectivity index (χ2v) is 8.12. The summed E-state index contributed by atoms with van der Waals surface area (Å²) in [6, 6.07) is 0.188. The first-order valence-electron chi connectivity index (χ1n) is 8.50. The van der Waals surface area contributed by atoms with Crippen molar-refractivity contribution >= 4 is 5.91 Å². The van der Waals surface area contributed by atoms with Crippen LogP contribution in [-0.4, -0.2) is 48.4 Å². The zero-order valence-corrected chi connectivity index (χ0v) is 14.7. The number of rotatable bonds is 5. The molecular formula is C17H32N2O3. The van der Waals surface area contributed by atoms with E-state index in [1.165, 1.54) is 0 Å². The van der Waals surface area contributed by atoms with Crippen LogP contribution in [0.15, 0.2) is 0 Å². The largest absolute Gasteiger partial charge is 0.376 e. The van der Waals surface area contributed by atoms with Gasteiger partial charge in [-0.15, -0.1) is 0 Å². The average Bonchev–Trinajstić information content (AvgIpc) is 2.84. The molecule has 1 amide bonds. The molecule has 128 valence electrons. The Morgan fingerprint density at radius 1 is 1.32 bits per heavy atom. The summed E-state index contributed by atoms with van der Waals surface area (Å²) in [5.74, 6) is -0.0171. The van der Waals surface area contributed by atoms with E-state index in [2.05, 4.69) is 38.3 Å². The van der Waals surface area contributed by atoms with E-state index in [0.29, 0.717) is 6.61 Å². The summed E-state index contributed by atoms with van der Waals surface area (Å²) in [4.78, 5) is 12.3. The molecule has 0 spiro atoms. The molecule has 0 saturated carbocycles. The van der Waals surface area contributed by atoms with Crippen LogP contribution in [0.3, 0.4) is 0 Å². The Labute approximate surface area is 134 Å². The van der Waals surface area contributed by atoms with E-state index in [0.717, 1.165) is 32.3 Å². The highest BCUT2D eigenvalue weighted by atomic mass is 16.5. The quantitative estimate of drug-likeness (QED) is 0.815. The Morgan fingerprint density at radius 2 is 1.95 bits per heavy atom. The van der Waals surface area contributed by atoms with Crippen LogP contribution in [0.2, 0.25) is 0 Å². The van der Waals surface area contributed by atoms with Crippen LogP contribution in [0.1, 0.15) is 60.3 Å². The normalized spacial score (nSPS) is 29.2. The van der Waals surface area contributed by atoms with Crippen molar-refractivity contribution in [2.24, 2.45) is 0 Å². The van der Waals surface area contributed by atoms with E-state index in [-0.39, 0.29) is 29.1 Å². The lowest BCUT2D eigenvalue weighted by atomic mass is 9.79. The van der Waals surface area contributed by atoms with Crippen LogP contribution in [0.25, 0.3) is 0 Å². The minimum absolute atomic E-state index is 0.0171. The Kier molecular flexibility index (Phi) is 5.51. The highest BCUT2D eigenvalue weighted by Crippen LogP contribution is 2.28. The topological polar surface area (TPSA) is 59.6 Å². The molecule has 0 bridgehead atoms. The van der Waals surface area contributed by atoms with Gasteiger partial charge in [-0.3, -0.25) is 4.79 Å². The standard InChI is InChI=1S/C17H32N2O3/c1-12(22-11-14-7-6-8-21-14)15(20)18-13-9-16(2,3)19-17(4,5)10-13/h12-14,19H,6-11H2,1-5H3,(H,18,20). The van der Waals surface area contributed by atoms with Crippen LogP contribution in [0.4, 0.5) is 0 Å². The van der Waals surface area contributed by atoms with Crippen molar-refractivity contribution in [3.05, 3.63) is 0 Å². The zero-order chi connectivity index (χ0) is 16.4. The van der Waals surface area contributed by atoms with Crippen LogP contribution in [0.5, 0.6) is 0 Å². The van der Waals surface area contributed by atoms with E-state index in [1.807, 2.05) is 6.92 Å². The highest BCUT2D eigenvalue weighted by Gasteiger charge is 2.38. The van der Waals surface area contributed by atoms with Gasteiger partial charge in [-0.2, -0.15) is 0 Å². The van der Waals surface area contributed by atoms with E-state index >= 15 is 0 Å². The Morgan fingerprint density at radius 3 is 2.50 bits per heavy atom. The SMILES string of the molecule is CC(OCC1CCCO1)C(=O)NC1CC(C)(C)NC(C)(C)C1. The summed E-state index contributed by atoms with van der Waals surface area (Å²) in [7, 11) is 0. The molecule has 0 aromatic rings. The molecular weight excluding hydrogens is 280 g/mol. The van der Waals surface area contributed by atoms with Gasteiger partial charge >= 0.3 is 0 Å². The summed E-state index contributed by atoms with van der Waals surface area (Å²) in [5, 5.41) is 6.79. The number of amides is 1. The van der Waals surface area contributed by atoms with Crippen molar-refractivity contribution in [2.45, 2.75) is 89.6 Å². The van der Waals surface area contributed by atoms with E-state index in [9.17, 15) is 4.79 Å². The summed E-state index contributed by atoms with van der Waals surface area (Å²) in [6.45, 7) is 11.9. The molecule has 2 aliphatic rings. The molecule has 2 rings (SSSR count). The number of hydrogen-bond acceptors (Lipinski definition) is 4. The summed E-state index contributed by atoms with van der Waals surface area (Å²) in [5.41, 5.74) is 0.0585. The van der Waals surface area contributed by atoms with E-state index in [4.69, 9.17) is 9.47 Å². The number of ether oxygens (including phenoxy) is 2. The van der Waals surface area contributed by atoms with Gasteiger partial charge < -0.3 is 20.1 Å². The Bertz CT molecular complexity index is 373. The van der Waals surface area contributed by atoms with E-state index in [1.54, 1.807) is 0 Å². The van der Waals surface area contributed by atoms with Crippen LogP contribution >= 0.6 is 0 Å². The third-order valence-corrected chi connectivity index (χ3v) is 4.46.